The summed E-state index contributed by atoms with van der Waals surface area (Å²) < 4.78 is 37.0. The fourth-order valence-corrected chi connectivity index (χ4v) is 1.96. The highest BCUT2D eigenvalue weighted by molar-refractivity contribution is 7.15. The van der Waals surface area contributed by atoms with Gasteiger partial charge in [0.1, 0.15) is 5.69 Å². The normalized spacial score (nSPS) is 11.4. The van der Waals surface area contributed by atoms with Crippen LogP contribution in [-0.4, -0.2) is 31.2 Å². The van der Waals surface area contributed by atoms with E-state index in [9.17, 15) is 28.1 Å². The van der Waals surface area contributed by atoms with Gasteiger partial charge in [-0.2, -0.15) is 18.3 Å². The molecule has 0 saturated heterocycles. The van der Waals surface area contributed by atoms with Gasteiger partial charge in [-0.1, -0.05) is 11.3 Å². The van der Waals surface area contributed by atoms with Gasteiger partial charge in [0.2, 0.25) is 15.8 Å². The van der Waals surface area contributed by atoms with E-state index in [2.05, 4.69) is 20.4 Å². The van der Waals surface area contributed by atoms with Crippen molar-refractivity contribution < 1.29 is 22.9 Å². The zero-order chi connectivity index (χ0) is 15.8. The molecular formula is C8H5F3N6O3S. The summed E-state index contributed by atoms with van der Waals surface area (Å²) >= 11 is 0.0969. The number of rotatable bonds is 3. The Balaban J connectivity index is 2.23. The molecule has 0 saturated carbocycles. The van der Waals surface area contributed by atoms with E-state index in [0.29, 0.717) is 0 Å². The van der Waals surface area contributed by atoms with Crippen LogP contribution in [0.5, 0.6) is 0 Å². The average Bonchev–Trinajstić information content (AvgIpc) is 2.94. The molecule has 1 amide bonds. The second kappa shape index (κ2) is 5.08. The first-order valence-electron chi connectivity index (χ1n) is 5.11. The van der Waals surface area contributed by atoms with Gasteiger partial charge < -0.3 is 0 Å². The van der Waals surface area contributed by atoms with Gasteiger partial charge in [0.25, 0.3) is 5.91 Å². The smallest absolute Gasteiger partial charge is 0.295 e. The van der Waals surface area contributed by atoms with Crippen molar-refractivity contribution in [1.82, 2.24) is 20.4 Å². The molecule has 2 rings (SSSR count). The number of nitrogens with zero attached hydrogens (tertiary/aromatic N) is 4. The number of nitro groups is 1. The van der Waals surface area contributed by atoms with E-state index in [1.54, 1.807) is 0 Å². The Hall–Kier alpha value is -2.57. The van der Waals surface area contributed by atoms with Crippen LogP contribution in [0.15, 0.2) is 0 Å². The summed E-state index contributed by atoms with van der Waals surface area (Å²) in [6, 6.07) is 0. The highest BCUT2D eigenvalue weighted by Gasteiger charge is 2.36. The summed E-state index contributed by atoms with van der Waals surface area (Å²) in [7, 11) is 0. The third-order valence-electron chi connectivity index (χ3n) is 2.20. The van der Waals surface area contributed by atoms with Crippen LogP contribution in [0.25, 0.3) is 0 Å². The van der Waals surface area contributed by atoms with Crippen LogP contribution in [0.4, 0.5) is 24.0 Å². The maximum atomic E-state index is 12.3. The summed E-state index contributed by atoms with van der Waals surface area (Å²) in [6.07, 6.45) is -4.68. The number of aromatic amines is 1. The van der Waals surface area contributed by atoms with Gasteiger partial charge in [-0.3, -0.25) is 25.3 Å². The summed E-state index contributed by atoms with van der Waals surface area (Å²) in [4.78, 5) is 21.7. The SMILES string of the molecule is Cc1[nH]nc(C(=O)Nc2nnc(C(F)(F)F)s2)c1[N+](=O)[O-]. The number of hydrogen-bond acceptors (Lipinski definition) is 7. The lowest BCUT2D eigenvalue weighted by Crippen LogP contribution is -2.14. The summed E-state index contributed by atoms with van der Waals surface area (Å²) in [6.45, 7) is 1.33. The van der Waals surface area contributed by atoms with E-state index >= 15 is 0 Å². The Bertz CT molecular complexity index is 708. The van der Waals surface area contributed by atoms with Crippen molar-refractivity contribution in [2.45, 2.75) is 13.1 Å². The van der Waals surface area contributed by atoms with E-state index in [1.165, 1.54) is 6.92 Å². The zero-order valence-electron chi connectivity index (χ0n) is 10.1. The topological polar surface area (TPSA) is 127 Å². The third-order valence-corrected chi connectivity index (χ3v) is 3.08. The lowest BCUT2D eigenvalue weighted by atomic mass is 10.3. The average molecular weight is 322 g/mol. The lowest BCUT2D eigenvalue weighted by Gasteiger charge is -1.98. The van der Waals surface area contributed by atoms with Gasteiger partial charge >= 0.3 is 11.9 Å². The maximum Gasteiger partial charge on any atom is 0.445 e. The fourth-order valence-electron chi connectivity index (χ4n) is 1.35. The van der Waals surface area contributed by atoms with Gasteiger partial charge in [0, 0.05) is 0 Å². The van der Waals surface area contributed by atoms with Gasteiger partial charge in [0.15, 0.2) is 0 Å². The number of carbonyl (C=O) groups is 1. The number of carbonyl (C=O) groups excluding carboxylic acids is 1. The molecule has 2 aromatic heterocycles. The van der Waals surface area contributed by atoms with Crippen molar-refractivity contribution in [3.8, 4) is 0 Å². The van der Waals surface area contributed by atoms with Crippen molar-refractivity contribution in [2.75, 3.05) is 5.32 Å². The molecule has 9 nitrogen and oxygen atoms in total. The minimum Gasteiger partial charge on any atom is -0.295 e. The number of alkyl halides is 3. The summed E-state index contributed by atoms with van der Waals surface area (Å²) in [5.41, 5.74) is -1.08. The maximum absolute atomic E-state index is 12.3. The number of H-pyrrole nitrogens is 1. The standard InChI is InChI=1S/C8H5F3N6O3S/c1-2-4(17(19)20)3(14-13-2)5(18)12-7-16-15-6(21-7)8(9,10)11/h1H3,(H,13,14)(H,12,16,18). The monoisotopic (exact) mass is 322 g/mol. The third kappa shape index (κ3) is 2.96. The van der Waals surface area contributed by atoms with Crippen molar-refractivity contribution >= 4 is 28.1 Å². The minimum atomic E-state index is -4.68. The molecular weight excluding hydrogens is 317 g/mol. The first kappa shape index (κ1) is 14.8. The molecule has 2 aromatic rings. The zero-order valence-corrected chi connectivity index (χ0v) is 10.9. The predicted octanol–water partition coefficient (Wildman–Crippen LogP) is 1.75. The largest absolute Gasteiger partial charge is 0.445 e. The van der Waals surface area contributed by atoms with Gasteiger partial charge in [-0.05, 0) is 6.92 Å². The van der Waals surface area contributed by atoms with Gasteiger partial charge in [-0.15, -0.1) is 10.2 Å². The molecule has 0 fully saturated rings. The molecule has 0 aliphatic heterocycles. The second-order valence-corrected chi connectivity index (χ2v) is 4.64. The number of aromatic nitrogens is 4. The Morgan fingerprint density at radius 3 is 2.62 bits per heavy atom. The van der Waals surface area contributed by atoms with Crippen molar-refractivity contribution in [2.24, 2.45) is 0 Å². The molecule has 2 heterocycles. The Kier molecular flexibility index (Phi) is 3.59. The molecule has 13 heteroatoms. The number of hydrogen-bond donors (Lipinski definition) is 2. The van der Waals surface area contributed by atoms with Crippen molar-refractivity contribution in [3.63, 3.8) is 0 Å². The van der Waals surface area contributed by atoms with Crippen molar-refractivity contribution in [1.29, 1.82) is 0 Å². The van der Waals surface area contributed by atoms with Crippen LogP contribution in [0.3, 0.4) is 0 Å². The Morgan fingerprint density at radius 2 is 2.10 bits per heavy atom. The molecule has 0 aromatic carbocycles. The number of anilines is 1. The van der Waals surface area contributed by atoms with Crippen LogP contribution in [0, 0.1) is 17.0 Å². The molecule has 0 radical (unpaired) electrons. The number of nitrogens with one attached hydrogen (secondary N) is 2. The molecule has 0 aliphatic rings. The second-order valence-electron chi connectivity index (χ2n) is 3.67. The Morgan fingerprint density at radius 1 is 1.43 bits per heavy atom. The van der Waals surface area contributed by atoms with Crippen molar-refractivity contribution in [3.05, 3.63) is 26.5 Å². The molecule has 21 heavy (non-hydrogen) atoms. The quantitative estimate of drug-likeness (QED) is 0.654. The molecule has 2 N–H and O–H groups in total. The van der Waals surface area contributed by atoms with Crippen LogP contribution in [0.1, 0.15) is 21.2 Å². The van der Waals surface area contributed by atoms with Crippen LogP contribution < -0.4 is 5.32 Å². The van der Waals surface area contributed by atoms with Gasteiger partial charge in [-0.25, -0.2) is 0 Å². The molecule has 0 spiro atoms. The number of halogens is 3. The lowest BCUT2D eigenvalue weighted by molar-refractivity contribution is -0.385. The van der Waals surface area contributed by atoms with Crippen LogP contribution >= 0.6 is 11.3 Å². The van der Waals surface area contributed by atoms with Crippen LogP contribution in [-0.2, 0) is 6.18 Å². The molecule has 112 valence electrons. The minimum absolute atomic E-state index is 0.0402. The van der Waals surface area contributed by atoms with E-state index in [4.69, 9.17) is 0 Å². The fraction of sp³-hybridized carbons (Fsp3) is 0.250. The number of amides is 1. The first-order valence-corrected chi connectivity index (χ1v) is 5.93. The first-order chi connectivity index (χ1) is 9.70. The highest BCUT2D eigenvalue weighted by atomic mass is 32.1. The Labute approximate surface area is 117 Å². The summed E-state index contributed by atoms with van der Waals surface area (Å²) in [5, 5.41) is 22.8. The van der Waals surface area contributed by atoms with Gasteiger partial charge in [0.05, 0.1) is 4.92 Å². The number of aryl methyl sites for hydroxylation is 1. The molecule has 0 atom stereocenters. The molecule has 0 aliphatic carbocycles. The predicted molar refractivity (Wildman–Crippen MR) is 62.8 cm³/mol. The van der Waals surface area contributed by atoms with Crippen LogP contribution in [0.2, 0.25) is 0 Å². The van der Waals surface area contributed by atoms with E-state index in [-0.39, 0.29) is 17.0 Å². The summed E-state index contributed by atoms with van der Waals surface area (Å²) in [5.74, 6) is -1.06. The van der Waals surface area contributed by atoms with E-state index in [1.807, 2.05) is 5.32 Å². The molecule has 0 bridgehead atoms. The van der Waals surface area contributed by atoms with E-state index in [0.717, 1.165) is 0 Å². The van der Waals surface area contributed by atoms with E-state index < -0.39 is 38.5 Å². The molecule has 0 unspecified atom stereocenters. The highest BCUT2D eigenvalue weighted by Crippen LogP contribution is 2.33.